The molecule has 0 saturated heterocycles. The molecule has 3 rings (SSSR count). The lowest BCUT2D eigenvalue weighted by Crippen LogP contribution is -2.51. The SMILES string of the molecule is CN(C)C(=O)N1CC(c2ccccc2)=CC1(CO)c1ccccc1. The van der Waals surface area contributed by atoms with E-state index >= 15 is 0 Å². The van der Waals surface area contributed by atoms with E-state index in [0.717, 1.165) is 16.7 Å². The van der Waals surface area contributed by atoms with Crippen LogP contribution in [0.5, 0.6) is 0 Å². The summed E-state index contributed by atoms with van der Waals surface area (Å²) >= 11 is 0. The number of hydrogen-bond acceptors (Lipinski definition) is 2. The lowest BCUT2D eigenvalue weighted by molar-refractivity contribution is 0.0906. The fourth-order valence-corrected chi connectivity index (χ4v) is 3.22. The first kappa shape index (κ1) is 16.3. The van der Waals surface area contributed by atoms with Gasteiger partial charge in [-0.15, -0.1) is 0 Å². The molecule has 1 aliphatic heterocycles. The molecule has 4 nitrogen and oxygen atoms in total. The Kier molecular flexibility index (Phi) is 4.40. The van der Waals surface area contributed by atoms with Gasteiger partial charge in [0.25, 0.3) is 0 Å². The van der Waals surface area contributed by atoms with Crippen molar-refractivity contribution >= 4 is 11.6 Å². The van der Waals surface area contributed by atoms with Crippen molar-refractivity contribution < 1.29 is 9.90 Å². The molecule has 0 aliphatic carbocycles. The first-order chi connectivity index (χ1) is 11.6. The standard InChI is InChI=1S/C20H22N2O2/c1-21(2)19(24)22-14-17(16-9-5-3-6-10-16)13-20(22,15-23)18-11-7-4-8-12-18/h3-13,23H,14-15H2,1-2H3. The highest BCUT2D eigenvalue weighted by molar-refractivity contribution is 5.83. The number of carbonyl (C=O) groups excluding carboxylic acids is 1. The molecule has 1 unspecified atom stereocenters. The molecule has 0 saturated carbocycles. The summed E-state index contributed by atoms with van der Waals surface area (Å²) in [6, 6.07) is 19.6. The largest absolute Gasteiger partial charge is 0.393 e. The number of aliphatic hydroxyl groups excluding tert-OH is 1. The summed E-state index contributed by atoms with van der Waals surface area (Å²) in [7, 11) is 3.46. The second-order valence-electron chi connectivity index (χ2n) is 6.25. The Bertz CT molecular complexity index is 741. The number of rotatable bonds is 3. The minimum atomic E-state index is -0.839. The topological polar surface area (TPSA) is 43.8 Å². The van der Waals surface area contributed by atoms with Gasteiger partial charge < -0.3 is 14.9 Å². The van der Waals surface area contributed by atoms with Gasteiger partial charge in [0, 0.05) is 20.6 Å². The zero-order valence-corrected chi connectivity index (χ0v) is 14.0. The minimum Gasteiger partial charge on any atom is -0.393 e. The lowest BCUT2D eigenvalue weighted by Gasteiger charge is -2.38. The molecule has 1 heterocycles. The van der Waals surface area contributed by atoms with Gasteiger partial charge in [-0.3, -0.25) is 0 Å². The van der Waals surface area contributed by atoms with Gasteiger partial charge >= 0.3 is 6.03 Å². The summed E-state index contributed by atoms with van der Waals surface area (Å²) in [5.41, 5.74) is 2.19. The van der Waals surface area contributed by atoms with E-state index in [1.54, 1.807) is 23.9 Å². The molecule has 24 heavy (non-hydrogen) atoms. The molecule has 0 fully saturated rings. The predicted molar refractivity (Wildman–Crippen MR) is 95.4 cm³/mol. The Hall–Kier alpha value is -2.59. The van der Waals surface area contributed by atoms with Crippen LogP contribution >= 0.6 is 0 Å². The second-order valence-corrected chi connectivity index (χ2v) is 6.25. The molecular weight excluding hydrogens is 300 g/mol. The predicted octanol–water partition coefficient (Wildman–Crippen LogP) is 2.96. The van der Waals surface area contributed by atoms with Crippen molar-refractivity contribution in [2.24, 2.45) is 0 Å². The molecule has 2 amide bonds. The molecule has 4 heteroatoms. The van der Waals surface area contributed by atoms with Gasteiger partial charge in [0.15, 0.2) is 0 Å². The molecule has 1 aliphatic rings. The zero-order chi connectivity index (χ0) is 17.2. The number of benzene rings is 2. The van der Waals surface area contributed by atoms with Gasteiger partial charge in [-0.25, -0.2) is 4.79 Å². The second kappa shape index (κ2) is 6.49. The Morgan fingerprint density at radius 1 is 1.08 bits per heavy atom. The van der Waals surface area contributed by atoms with Crippen molar-refractivity contribution in [3.63, 3.8) is 0 Å². The third-order valence-electron chi connectivity index (χ3n) is 4.50. The van der Waals surface area contributed by atoms with E-state index in [1.807, 2.05) is 66.7 Å². The summed E-state index contributed by atoms with van der Waals surface area (Å²) in [4.78, 5) is 16.1. The highest BCUT2D eigenvalue weighted by Gasteiger charge is 2.44. The van der Waals surface area contributed by atoms with E-state index in [1.165, 1.54) is 0 Å². The highest BCUT2D eigenvalue weighted by atomic mass is 16.3. The lowest BCUT2D eigenvalue weighted by atomic mass is 9.89. The maximum Gasteiger partial charge on any atom is 0.320 e. The van der Waals surface area contributed by atoms with Crippen molar-refractivity contribution in [1.82, 2.24) is 9.80 Å². The van der Waals surface area contributed by atoms with Crippen LogP contribution in [0.4, 0.5) is 4.79 Å². The summed E-state index contributed by atoms with van der Waals surface area (Å²) in [5, 5.41) is 10.3. The molecule has 2 aromatic rings. The molecule has 0 aromatic heterocycles. The summed E-state index contributed by atoms with van der Waals surface area (Å²) in [6.07, 6.45) is 2.03. The third-order valence-corrected chi connectivity index (χ3v) is 4.50. The number of nitrogens with zero attached hydrogens (tertiary/aromatic N) is 2. The number of amides is 2. The van der Waals surface area contributed by atoms with Gasteiger partial charge in [0.2, 0.25) is 0 Å². The quantitative estimate of drug-likeness (QED) is 0.944. The van der Waals surface area contributed by atoms with Crippen LogP contribution < -0.4 is 0 Å². The van der Waals surface area contributed by atoms with E-state index in [4.69, 9.17) is 0 Å². The number of carbonyl (C=O) groups is 1. The summed E-state index contributed by atoms with van der Waals surface area (Å²) in [6.45, 7) is 0.309. The normalized spacial score (nSPS) is 20.0. The van der Waals surface area contributed by atoms with Crippen molar-refractivity contribution in [2.45, 2.75) is 5.54 Å². The molecule has 2 aromatic carbocycles. The molecule has 1 atom stereocenters. The van der Waals surface area contributed by atoms with Crippen molar-refractivity contribution in [2.75, 3.05) is 27.2 Å². The Morgan fingerprint density at radius 3 is 2.21 bits per heavy atom. The molecule has 0 spiro atoms. The molecule has 0 bridgehead atoms. The van der Waals surface area contributed by atoms with Gasteiger partial charge in [0.05, 0.1) is 6.61 Å². The number of aliphatic hydroxyl groups is 1. The molecule has 124 valence electrons. The fraction of sp³-hybridized carbons (Fsp3) is 0.250. The van der Waals surface area contributed by atoms with Crippen molar-refractivity contribution in [1.29, 1.82) is 0 Å². The summed E-state index contributed by atoms with van der Waals surface area (Å²) in [5.74, 6) is 0. The Labute approximate surface area is 142 Å². The first-order valence-electron chi connectivity index (χ1n) is 8.01. The summed E-state index contributed by atoms with van der Waals surface area (Å²) < 4.78 is 0. The van der Waals surface area contributed by atoms with Crippen molar-refractivity contribution in [3.05, 3.63) is 77.9 Å². The Morgan fingerprint density at radius 2 is 1.67 bits per heavy atom. The van der Waals surface area contributed by atoms with E-state index in [0.29, 0.717) is 6.54 Å². The van der Waals surface area contributed by atoms with Crippen LogP contribution in [0.15, 0.2) is 66.7 Å². The first-order valence-corrected chi connectivity index (χ1v) is 8.01. The van der Waals surface area contributed by atoms with E-state index in [9.17, 15) is 9.90 Å². The van der Waals surface area contributed by atoms with E-state index in [2.05, 4.69) is 0 Å². The maximum absolute atomic E-state index is 12.8. The van der Waals surface area contributed by atoms with Gasteiger partial charge in [-0.1, -0.05) is 60.7 Å². The Balaban J connectivity index is 2.12. The van der Waals surface area contributed by atoms with Crippen molar-refractivity contribution in [3.8, 4) is 0 Å². The number of urea groups is 1. The van der Waals surface area contributed by atoms with Gasteiger partial charge in [-0.05, 0) is 22.8 Å². The zero-order valence-electron chi connectivity index (χ0n) is 14.0. The van der Waals surface area contributed by atoms with E-state index in [-0.39, 0.29) is 12.6 Å². The molecule has 0 radical (unpaired) electrons. The smallest absolute Gasteiger partial charge is 0.320 e. The van der Waals surface area contributed by atoms with Crippen LogP contribution in [0.25, 0.3) is 5.57 Å². The van der Waals surface area contributed by atoms with Crippen LogP contribution in [0.3, 0.4) is 0 Å². The third kappa shape index (κ3) is 2.69. The van der Waals surface area contributed by atoms with Crippen LogP contribution in [0.2, 0.25) is 0 Å². The average Bonchev–Trinajstić information content (AvgIpc) is 3.03. The van der Waals surface area contributed by atoms with Crippen LogP contribution in [-0.4, -0.2) is 48.2 Å². The molecular formula is C20H22N2O2. The average molecular weight is 322 g/mol. The number of hydrogen-bond donors (Lipinski definition) is 1. The van der Waals surface area contributed by atoms with Gasteiger partial charge in [0.1, 0.15) is 5.54 Å². The van der Waals surface area contributed by atoms with E-state index < -0.39 is 5.54 Å². The minimum absolute atomic E-state index is 0.116. The highest BCUT2D eigenvalue weighted by Crippen LogP contribution is 2.40. The van der Waals surface area contributed by atoms with Crippen LogP contribution in [-0.2, 0) is 5.54 Å². The molecule has 1 N–H and O–H groups in total. The monoisotopic (exact) mass is 322 g/mol. The maximum atomic E-state index is 12.8. The van der Waals surface area contributed by atoms with Crippen LogP contribution in [0, 0.1) is 0 Å². The fourth-order valence-electron chi connectivity index (χ4n) is 3.22. The van der Waals surface area contributed by atoms with Gasteiger partial charge in [-0.2, -0.15) is 0 Å². The van der Waals surface area contributed by atoms with Crippen LogP contribution in [0.1, 0.15) is 11.1 Å².